The standard InChI is InChI=1S/C13H22O4/c1-4-6-7-8-10-11(13(15)16-5-2)9(3)12(14)17-10/h9-11H,4-8H2,1-3H3/t9-,10-,11-/m1/s1. The molecular weight excluding hydrogens is 220 g/mol. The molecule has 1 rings (SSSR count). The van der Waals surface area contributed by atoms with Crippen molar-refractivity contribution >= 4 is 11.9 Å². The molecule has 0 bridgehead atoms. The second-order valence-corrected chi connectivity index (χ2v) is 4.54. The number of ether oxygens (including phenoxy) is 2. The summed E-state index contributed by atoms with van der Waals surface area (Å²) in [5.74, 6) is -1.36. The van der Waals surface area contributed by atoms with Crippen molar-refractivity contribution in [3.63, 3.8) is 0 Å². The maximum Gasteiger partial charge on any atom is 0.313 e. The average molecular weight is 242 g/mol. The number of hydrogen-bond donors (Lipinski definition) is 0. The lowest BCUT2D eigenvalue weighted by Gasteiger charge is -2.17. The van der Waals surface area contributed by atoms with Gasteiger partial charge in [0, 0.05) is 0 Å². The summed E-state index contributed by atoms with van der Waals surface area (Å²) in [6.07, 6.45) is 3.66. The fraction of sp³-hybridized carbons (Fsp3) is 0.846. The van der Waals surface area contributed by atoms with Gasteiger partial charge in [0.25, 0.3) is 0 Å². The van der Waals surface area contributed by atoms with Gasteiger partial charge < -0.3 is 9.47 Å². The summed E-state index contributed by atoms with van der Waals surface area (Å²) in [5.41, 5.74) is 0. The third-order valence-corrected chi connectivity index (χ3v) is 3.23. The van der Waals surface area contributed by atoms with Crippen molar-refractivity contribution in [3.8, 4) is 0 Å². The van der Waals surface area contributed by atoms with Crippen molar-refractivity contribution in [2.45, 2.75) is 52.6 Å². The predicted molar refractivity (Wildman–Crippen MR) is 63.3 cm³/mol. The molecule has 0 aromatic rings. The van der Waals surface area contributed by atoms with Gasteiger partial charge in [0.2, 0.25) is 0 Å². The molecule has 1 fully saturated rings. The molecule has 98 valence electrons. The zero-order valence-corrected chi connectivity index (χ0v) is 10.9. The molecular formula is C13H22O4. The Morgan fingerprint density at radius 3 is 2.65 bits per heavy atom. The fourth-order valence-corrected chi connectivity index (χ4v) is 2.23. The van der Waals surface area contributed by atoms with Crippen molar-refractivity contribution in [2.24, 2.45) is 11.8 Å². The van der Waals surface area contributed by atoms with Gasteiger partial charge in [-0.3, -0.25) is 9.59 Å². The zero-order valence-electron chi connectivity index (χ0n) is 10.9. The molecule has 0 unspecified atom stereocenters. The van der Waals surface area contributed by atoms with Crippen LogP contribution >= 0.6 is 0 Å². The summed E-state index contributed by atoms with van der Waals surface area (Å²) < 4.78 is 10.3. The first kappa shape index (κ1) is 14.0. The van der Waals surface area contributed by atoms with E-state index in [0.29, 0.717) is 6.61 Å². The number of rotatable bonds is 6. The largest absolute Gasteiger partial charge is 0.466 e. The number of carbonyl (C=O) groups is 2. The molecule has 3 atom stereocenters. The molecule has 17 heavy (non-hydrogen) atoms. The molecule has 0 aromatic heterocycles. The molecule has 0 saturated carbocycles. The average Bonchev–Trinajstić information content (AvgIpc) is 2.56. The van der Waals surface area contributed by atoms with E-state index in [2.05, 4.69) is 6.92 Å². The van der Waals surface area contributed by atoms with Crippen LogP contribution < -0.4 is 0 Å². The minimum absolute atomic E-state index is 0.274. The van der Waals surface area contributed by atoms with Crippen molar-refractivity contribution < 1.29 is 19.1 Å². The molecule has 1 aliphatic heterocycles. The van der Waals surface area contributed by atoms with Crippen LogP contribution in [-0.4, -0.2) is 24.6 Å². The zero-order chi connectivity index (χ0) is 12.8. The van der Waals surface area contributed by atoms with Crippen LogP contribution in [0.25, 0.3) is 0 Å². The van der Waals surface area contributed by atoms with Gasteiger partial charge in [-0.05, 0) is 19.8 Å². The summed E-state index contributed by atoms with van der Waals surface area (Å²) in [4.78, 5) is 23.3. The van der Waals surface area contributed by atoms with Gasteiger partial charge in [-0.1, -0.05) is 26.7 Å². The van der Waals surface area contributed by atoms with Crippen LogP contribution in [-0.2, 0) is 19.1 Å². The summed E-state index contributed by atoms with van der Waals surface area (Å²) in [5, 5.41) is 0. The number of carbonyl (C=O) groups excluding carboxylic acids is 2. The predicted octanol–water partition coefficient (Wildman–Crippen LogP) is 2.31. The minimum Gasteiger partial charge on any atom is -0.466 e. The molecule has 0 amide bonds. The minimum atomic E-state index is -0.417. The van der Waals surface area contributed by atoms with Crippen LogP contribution in [0.15, 0.2) is 0 Å². The molecule has 1 saturated heterocycles. The molecule has 0 aromatic carbocycles. The number of esters is 2. The van der Waals surface area contributed by atoms with E-state index in [4.69, 9.17) is 9.47 Å². The molecule has 0 aliphatic carbocycles. The fourth-order valence-electron chi connectivity index (χ4n) is 2.23. The second kappa shape index (κ2) is 6.62. The van der Waals surface area contributed by atoms with Gasteiger partial charge in [-0.15, -0.1) is 0 Å². The molecule has 0 radical (unpaired) electrons. The van der Waals surface area contributed by atoms with Crippen LogP contribution in [0.4, 0.5) is 0 Å². The van der Waals surface area contributed by atoms with E-state index in [1.165, 1.54) is 0 Å². The van der Waals surface area contributed by atoms with E-state index >= 15 is 0 Å². The van der Waals surface area contributed by atoms with Crippen LogP contribution in [0.2, 0.25) is 0 Å². The van der Waals surface area contributed by atoms with Crippen molar-refractivity contribution in [3.05, 3.63) is 0 Å². The van der Waals surface area contributed by atoms with Crippen molar-refractivity contribution in [2.75, 3.05) is 6.61 Å². The van der Waals surface area contributed by atoms with Gasteiger partial charge in [-0.25, -0.2) is 0 Å². The van der Waals surface area contributed by atoms with Crippen molar-refractivity contribution in [1.29, 1.82) is 0 Å². The maximum absolute atomic E-state index is 11.8. The monoisotopic (exact) mass is 242 g/mol. The first-order chi connectivity index (χ1) is 8.11. The van der Waals surface area contributed by atoms with Crippen LogP contribution in [0.1, 0.15) is 46.5 Å². The Morgan fingerprint density at radius 2 is 2.06 bits per heavy atom. The van der Waals surface area contributed by atoms with Gasteiger partial charge in [-0.2, -0.15) is 0 Å². The van der Waals surface area contributed by atoms with Crippen LogP contribution in [0.3, 0.4) is 0 Å². The highest BCUT2D eigenvalue weighted by atomic mass is 16.6. The van der Waals surface area contributed by atoms with E-state index in [0.717, 1.165) is 25.7 Å². The first-order valence-electron chi connectivity index (χ1n) is 6.48. The topological polar surface area (TPSA) is 52.6 Å². The van der Waals surface area contributed by atoms with Crippen LogP contribution in [0.5, 0.6) is 0 Å². The van der Waals surface area contributed by atoms with E-state index < -0.39 is 5.92 Å². The molecule has 4 nitrogen and oxygen atoms in total. The van der Waals surface area contributed by atoms with E-state index in [-0.39, 0.29) is 24.0 Å². The van der Waals surface area contributed by atoms with Gasteiger partial charge in [0.05, 0.1) is 12.5 Å². The Hall–Kier alpha value is -1.06. The Bertz CT molecular complexity index is 275. The Balaban J connectivity index is 2.60. The second-order valence-electron chi connectivity index (χ2n) is 4.54. The smallest absolute Gasteiger partial charge is 0.313 e. The lowest BCUT2D eigenvalue weighted by molar-refractivity contribution is -0.151. The normalized spacial score (nSPS) is 27.9. The summed E-state index contributed by atoms with van der Waals surface area (Å²) >= 11 is 0. The lowest BCUT2D eigenvalue weighted by atomic mass is 9.89. The molecule has 1 aliphatic rings. The maximum atomic E-state index is 11.8. The van der Waals surface area contributed by atoms with Gasteiger partial charge in [0.15, 0.2) is 0 Å². The summed E-state index contributed by atoms with van der Waals surface area (Å²) in [6.45, 7) is 5.97. The number of unbranched alkanes of at least 4 members (excludes halogenated alkanes) is 2. The Morgan fingerprint density at radius 1 is 1.35 bits per heavy atom. The Labute approximate surface area is 103 Å². The number of cyclic esters (lactones) is 1. The van der Waals surface area contributed by atoms with Crippen LogP contribution in [0, 0.1) is 11.8 Å². The Kier molecular flexibility index (Phi) is 5.45. The van der Waals surface area contributed by atoms with E-state index in [1.807, 2.05) is 0 Å². The molecule has 0 spiro atoms. The summed E-state index contributed by atoms with van der Waals surface area (Å²) in [6, 6.07) is 0. The highest BCUT2D eigenvalue weighted by Crippen LogP contribution is 2.32. The van der Waals surface area contributed by atoms with Gasteiger partial charge in [0.1, 0.15) is 12.0 Å². The SMILES string of the molecule is CCCCC[C@H]1OC(=O)[C@H](C)[C@H]1C(=O)OCC. The van der Waals surface area contributed by atoms with Gasteiger partial charge >= 0.3 is 11.9 Å². The quantitative estimate of drug-likeness (QED) is 0.530. The van der Waals surface area contributed by atoms with E-state index in [1.54, 1.807) is 13.8 Å². The molecule has 4 heteroatoms. The molecule has 0 N–H and O–H groups in total. The third-order valence-electron chi connectivity index (χ3n) is 3.23. The first-order valence-corrected chi connectivity index (χ1v) is 6.48. The highest BCUT2D eigenvalue weighted by molar-refractivity contribution is 5.85. The van der Waals surface area contributed by atoms with E-state index in [9.17, 15) is 9.59 Å². The number of hydrogen-bond acceptors (Lipinski definition) is 4. The highest BCUT2D eigenvalue weighted by Gasteiger charge is 2.46. The van der Waals surface area contributed by atoms with Crippen molar-refractivity contribution in [1.82, 2.24) is 0 Å². The lowest BCUT2D eigenvalue weighted by Crippen LogP contribution is -2.30. The molecule has 1 heterocycles. The third kappa shape index (κ3) is 3.45. The summed E-state index contributed by atoms with van der Waals surface area (Å²) in [7, 11) is 0.